The van der Waals surface area contributed by atoms with E-state index in [1.807, 2.05) is 0 Å². The lowest BCUT2D eigenvalue weighted by Crippen LogP contribution is -2.52. The predicted octanol–water partition coefficient (Wildman–Crippen LogP) is 3.07. The van der Waals surface area contributed by atoms with Crippen LogP contribution in [0.3, 0.4) is 0 Å². The Bertz CT molecular complexity index is 1080. The van der Waals surface area contributed by atoms with Gasteiger partial charge < -0.3 is 10.1 Å². The van der Waals surface area contributed by atoms with Crippen LogP contribution in [0, 0.1) is 0 Å². The van der Waals surface area contributed by atoms with Gasteiger partial charge in [-0.3, -0.25) is 9.59 Å². The Morgan fingerprint density at radius 1 is 1.16 bits per heavy atom. The Labute approximate surface area is 176 Å². The first-order chi connectivity index (χ1) is 14.5. The molecule has 0 spiro atoms. The minimum atomic E-state index is -4.73. The fourth-order valence-corrected chi connectivity index (χ4v) is 4.82. The van der Waals surface area contributed by atoms with Gasteiger partial charge >= 0.3 is 6.18 Å². The molecule has 0 radical (unpaired) electrons. The number of hydrogen-bond donors (Lipinski definition) is 1. The van der Waals surface area contributed by atoms with Crippen molar-refractivity contribution in [3.05, 3.63) is 54.1 Å². The van der Waals surface area contributed by atoms with Crippen LogP contribution in [0.1, 0.15) is 18.4 Å². The lowest BCUT2D eigenvalue weighted by molar-refractivity contribution is -0.137. The molecule has 1 aliphatic heterocycles. The van der Waals surface area contributed by atoms with Gasteiger partial charge in [-0.15, -0.1) is 0 Å². The zero-order valence-electron chi connectivity index (χ0n) is 16.3. The summed E-state index contributed by atoms with van der Waals surface area (Å²) < 4.78 is 71.0. The highest BCUT2D eigenvalue weighted by atomic mass is 32.2. The zero-order valence-corrected chi connectivity index (χ0v) is 17.2. The van der Waals surface area contributed by atoms with Crippen LogP contribution in [-0.4, -0.2) is 44.1 Å². The lowest BCUT2D eigenvalue weighted by atomic mass is 10.0. The van der Waals surface area contributed by atoms with Crippen molar-refractivity contribution in [1.29, 1.82) is 0 Å². The number of amides is 1. The molecule has 0 aromatic heterocycles. The SMILES string of the molecule is COc1ccc(NC(=O)C2CC(=O)CCN2S(=O)(=O)c2cccc(C(F)(F)F)c2)cc1. The van der Waals surface area contributed by atoms with Crippen molar-refractivity contribution in [3.8, 4) is 5.75 Å². The van der Waals surface area contributed by atoms with Gasteiger partial charge in [-0.1, -0.05) is 6.07 Å². The van der Waals surface area contributed by atoms with Crippen LogP contribution < -0.4 is 10.1 Å². The summed E-state index contributed by atoms with van der Waals surface area (Å²) in [6.07, 6.45) is -5.24. The quantitative estimate of drug-likeness (QED) is 0.747. The molecule has 1 amide bonds. The van der Waals surface area contributed by atoms with Gasteiger partial charge in [-0.25, -0.2) is 8.42 Å². The van der Waals surface area contributed by atoms with Crippen molar-refractivity contribution >= 4 is 27.4 Å². The number of methoxy groups -OCH3 is 1. The number of ether oxygens (including phenoxy) is 1. The van der Waals surface area contributed by atoms with E-state index in [0.717, 1.165) is 22.5 Å². The summed E-state index contributed by atoms with van der Waals surface area (Å²) >= 11 is 0. The highest BCUT2D eigenvalue weighted by Crippen LogP contribution is 2.32. The van der Waals surface area contributed by atoms with E-state index in [1.54, 1.807) is 12.1 Å². The van der Waals surface area contributed by atoms with Crippen molar-refractivity contribution in [3.63, 3.8) is 0 Å². The average Bonchev–Trinajstić information content (AvgIpc) is 2.73. The molecule has 11 heteroatoms. The molecule has 0 saturated carbocycles. The maximum atomic E-state index is 13.1. The van der Waals surface area contributed by atoms with Crippen LogP contribution in [0.5, 0.6) is 5.75 Å². The third-order valence-corrected chi connectivity index (χ3v) is 6.71. The van der Waals surface area contributed by atoms with E-state index in [9.17, 15) is 31.2 Å². The zero-order chi connectivity index (χ0) is 22.8. The van der Waals surface area contributed by atoms with E-state index >= 15 is 0 Å². The first-order valence-electron chi connectivity index (χ1n) is 9.18. The first-order valence-corrected chi connectivity index (χ1v) is 10.6. The van der Waals surface area contributed by atoms with E-state index in [1.165, 1.54) is 19.2 Å². The topological polar surface area (TPSA) is 92.8 Å². The van der Waals surface area contributed by atoms with Crippen LogP contribution in [0.4, 0.5) is 18.9 Å². The summed E-state index contributed by atoms with van der Waals surface area (Å²) in [6, 6.07) is 8.13. The Balaban J connectivity index is 1.90. The van der Waals surface area contributed by atoms with Crippen molar-refractivity contribution in [2.45, 2.75) is 30.0 Å². The number of halogens is 3. The van der Waals surface area contributed by atoms with Crippen LogP contribution in [0.15, 0.2) is 53.4 Å². The molecular weight excluding hydrogens is 437 g/mol. The molecule has 3 rings (SSSR count). The van der Waals surface area contributed by atoms with Gasteiger partial charge in [0.25, 0.3) is 0 Å². The molecule has 0 aliphatic carbocycles. The Morgan fingerprint density at radius 3 is 2.45 bits per heavy atom. The molecule has 166 valence electrons. The molecule has 1 N–H and O–H groups in total. The number of ketones is 1. The van der Waals surface area contributed by atoms with Gasteiger partial charge in [-0.05, 0) is 42.5 Å². The average molecular weight is 456 g/mol. The van der Waals surface area contributed by atoms with Gasteiger partial charge in [0.15, 0.2) is 0 Å². The molecule has 31 heavy (non-hydrogen) atoms. The van der Waals surface area contributed by atoms with Crippen molar-refractivity contribution in [2.24, 2.45) is 0 Å². The molecule has 1 saturated heterocycles. The van der Waals surface area contributed by atoms with Crippen molar-refractivity contribution < 1.29 is 35.9 Å². The number of hydrogen-bond acceptors (Lipinski definition) is 5. The number of piperidine rings is 1. The summed E-state index contributed by atoms with van der Waals surface area (Å²) in [5.74, 6) is -0.529. The smallest absolute Gasteiger partial charge is 0.416 e. The summed E-state index contributed by atoms with van der Waals surface area (Å²) in [5, 5.41) is 2.54. The lowest BCUT2D eigenvalue weighted by Gasteiger charge is -2.33. The number of rotatable bonds is 5. The van der Waals surface area contributed by atoms with E-state index in [2.05, 4.69) is 5.32 Å². The normalized spacial score (nSPS) is 17.9. The highest BCUT2D eigenvalue weighted by molar-refractivity contribution is 7.89. The molecule has 0 bridgehead atoms. The second-order valence-corrected chi connectivity index (χ2v) is 8.76. The van der Waals surface area contributed by atoms with Gasteiger partial charge in [0.1, 0.15) is 17.6 Å². The van der Waals surface area contributed by atoms with Gasteiger partial charge in [0, 0.05) is 25.1 Å². The number of carbonyl (C=O) groups excluding carboxylic acids is 2. The van der Waals surface area contributed by atoms with E-state index in [4.69, 9.17) is 4.74 Å². The minimum Gasteiger partial charge on any atom is -0.497 e. The molecule has 2 aromatic rings. The first kappa shape index (κ1) is 22.8. The number of sulfonamides is 1. The minimum absolute atomic E-state index is 0.134. The Kier molecular flexibility index (Phi) is 6.37. The number of alkyl halides is 3. The standard InChI is InChI=1S/C20H19F3N2O5S/c1-30-16-7-5-14(6-8-16)24-19(27)18-12-15(26)9-10-25(18)31(28,29)17-4-2-3-13(11-17)20(21,22)23/h2-8,11,18H,9-10,12H2,1H3,(H,24,27). The van der Waals surface area contributed by atoms with Crippen LogP contribution in [0.25, 0.3) is 0 Å². The van der Waals surface area contributed by atoms with E-state index in [0.29, 0.717) is 17.5 Å². The summed E-state index contributed by atoms with van der Waals surface area (Å²) in [7, 11) is -3.00. The van der Waals surface area contributed by atoms with Crippen molar-refractivity contribution in [1.82, 2.24) is 4.31 Å². The van der Waals surface area contributed by atoms with Crippen molar-refractivity contribution in [2.75, 3.05) is 19.0 Å². The third kappa shape index (κ3) is 5.05. The van der Waals surface area contributed by atoms with Gasteiger partial charge in [0.2, 0.25) is 15.9 Å². The predicted molar refractivity (Wildman–Crippen MR) is 105 cm³/mol. The molecular formula is C20H19F3N2O5S. The number of anilines is 1. The molecule has 1 aliphatic rings. The second kappa shape index (κ2) is 8.67. The summed E-state index contributed by atoms with van der Waals surface area (Å²) in [4.78, 5) is 24.1. The fraction of sp³-hybridized carbons (Fsp3) is 0.300. The van der Waals surface area contributed by atoms with Crippen LogP contribution >= 0.6 is 0 Å². The van der Waals surface area contributed by atoms with Crippen LogP contribution in [0.2, 0.25) is 0 Å². The maximum absolute atomic E-state index is 13.1. The molecule has 7 nitrogen and oxygen atoms in total. The number of Topliss-reactive ketones (excluding diaryl/α,β-unsaturated/α-hetero) is 1. The molecule has 1 atom stereocenters. The molecule has 1 heterocycles. The fourth-order valence-electron chi connectivity index (χ4n) is 3.19. The van der Waals surface area contributed by atoms with E-state index in [-0.39, 0.29) is 25.2 Å². The molecule has 1 fully saturated rings. The largest absolute Gasteiger partial charge is 0.497 e. The highest BCUT2D eigenvalue weighted by Gasteiger charge is 2.41. The van der Waals surface area contributed by atoms with Gasteiger partial charge in [0.05, 0.1) is 17.6 Å². The molecule has 1 unspecified atom stereocenters. The van der Waals surface area contributed by atoms with Gasteiger partial charge in [-0.2, -0.15) is 17.5 Å². The van der Waals surface area contributed by atoms with E-state index < -0.39 is 38.6 Å². The monoisotopic (exact) mass is 456 g/mol. The number of nitrogens with zero attached hydrogens (tertiary/aromatic N) is 1. The number of carbonyl (C=O) groups is 2. The molecule has 2 aromatic carbocycles. The summed E-state index contributed by atoms with van der Waals surface area (Å²) in [6.45, 7) is -0.307. The Hall–Kier alpha value is -2.92. The maximum Gasteiger partial charge on any atom is 0.416 e. The van der Waals surface area contributed by atoms with Crippen LogP contribution in [-0.2, 0) is 25.8 Å². The second-order valence-electron chi connectivity index (χ2n) is 6.87. The number of benzene rings is 2. The number of nitrogens with one attached hydrogen (secondary N) is 1. The third-order valence-electron chi connectivity index (χ3n) is 4.81. The Morgan fingerprint density at radius 2 is 1.84 bits per heavy atom. The summed E-state index contributed by atoms with van der Waals surface area (Å²) in [5.41, 5.74) is -0.777.